The third kappa shape index (κ3) is 3.87. The molecule has 0 saturated carbocycles. The molecule has 1 amide bonds. The Bertz CT molecular complexity index is 467. The van der Waals surface area contributed by atoms with Gasteiger partial charge in [-0.2, -0.15) is 0 Å². The molecule has 0 bridgehead atoms. The van der Waals surface area contributed by atoms with Gasteiger partial charge in [0, 0.05) is 18.7 Å². The lowest BCUT2D eigenvalue weighted by Crippen LogP contribution is -2.48. The first-order valence-electron chi connectivity index (χ1n) is 6.56. The van der Waals surface area contributed by atoms with Gasteiger partial charge in [-0.15, -0.1) is 0 Å². The van der Waals surface area contributed by atoms with Crippen molar-refractivity contribution in [3.05, 3.63) is 23.8 Å². The molecule has 0 heterocycles. The summed E-state index contributed by atoms with van der Waals surface area (Å²) in [6.45, 7) is 6.50. The summed E-state index contributed by atoms with van der Waals surface area (Å²) in [5.74, 6) is 0.922. The predicted octanol–water partition coefficient (Wildman–Crippen LogP) is 1.81. The van der Waals surface area contributed by atoms with Crippen LogP contribution >= 0.6 is 0 Å². The second-order valence-electron chi connectivity index (χ2n) is 5.69. The van der Waals surface area contributed by atoms with E-state index in [2.05, 4.69) is 5.32 Å². The Morgan fingerprint density at radius 3 is 2.40 bits per heavy atom. The monoisotopic (exact) mass is 280 g/mol. The average molecular weight is 280 g/mol. The quantitative estimate of drug-likeness (QED) is 0.862. The molecule has 0 aromatic heterocycles. The molecule has 1 aromatic rings. The zero-order valence-corrected chi connectivity index (χ0v) is 12.8. The molecule has 1 aromatic carbocycles. The molecule has 1 unspecified atom stereocenters. The van der Waals surface area contributed by atoms with Gasteiger partial charge in [-0.05, 0) is 17.5 Å². The number of nitrogens with two attached hydrogens (primary N) is 1. The number of hydrogen-bond acceptors (Lipinski definition) is 4. The van der Waals surface area contributed by atoms with Gasteiger partial charge in [-0.3, -0.25) is 4.79 Å². The highest BCUT2D eigenvalue weighted by atomic mass is 16.5. The second-order valence-corrected chi connectivity index (χ2v) is 5.69. The van der Waals surface area contributed by atoms with Gasteiger partial charge < -0.3 is 20.5 Å². The van der Waals surface area contributed by atoms with E-state index in [1.54, 1.807) is 25.3 Å². The van der Waals surface area contributed by atoms with Crippen molar-refractivity contribution in [1.82, 2.24) is 5.32 Å². The minimum atomic E-state index is -0.199. The lowest BCUT2D eigenvalue weighted by atomic mass is 9.86. The largest absolute Gasteiger partial charge is 0.497 e. The molecule has 0 radical (unpaired) electrons. The van der Waals surface area contributed by atoms with E-state index < -0.39 is 0 Å². The number of carbonyl (C=O) groups is 1. The molecule has 3 N–H and O–H groups in total. The van der Waals surface area contributed by atoms with Gasteiger partial charge in [0.15, 0.2) is 0 Å². The topological polar surface area (TPSA) is 73.6 Å². The zero-order valence-electron chi connectivity index (χ0n) is 12.8. The van der Waals surface area contributed by atoms with Crippen molar-refractivity contribution in [2.75, 3.05) is 20.8 Å². The third-order valence-electron chi connectivity index (χ3n) is 3.24. The summed E-state index contributed by atoms with van der Waals surface area (Å²) in [4.78, 5) is 12.4. The SMILES string of the molecule is COc1ccc(C(=O)NC(CN)C(C)(C)C)c(OC)c1. The van der Waals surface area contributed by atoms with Crippen molar-refractivity contribution in [2.24, 2.45) is 11.1 Å². The Hall–Kier alpha value is -1.75. The molecule has 0 fully saturated rings. The maximum absolute atomic E-state index is 12.4. The van der Waals surface area contributed by atoms with Gasteiger partial charge in [0.05, 0.1) is 19.8 Å². The highest BCUT2D eigenvalue weighted by molar-refractivity contribution is 5.97. The van der Waals surface area contributed by atoms with E-state index in [1.807, 2.05) is 20.8 Å². The van der Waals surface area contributed by atoms with Gasteiger partial charge in [0.2, 0.25) is 0 Å². The van der Waals surface area contributed by atoms with Crippen molar-refractivity contribution in [3.8, 4) is 11.5 Å². The molecule has 0 aliphatic heterocycles. The molecule has 0 aliphatic carbocycles. The van der Waals surface area contributed by atoms with Crippen LogP contribution < -0.4 is 20.5 Å². The van der Waals surface area contributed by atoms with Gasteiger partial charge in [-0.1, -0.05) is 20.8 Å². The van der Waals surface area contributed by atoms with E-state index in [0.29, 0.717) is 23.6 Å². The van der Waals surface area contributed by atoms with E-state index in [1.165, 1.54) is 7.11 Å². The minimum Gasteiger partial charge on any atom is -0.497 e. The van der Waals surface area contributed by atoms with Crippen molar-refractivity contribution in [3.63, 3.8) is 0 Å². The summed E-state index contributed by atoms with van der Waals surface area (Å²) in [6.07, 6.45) is 0. The predicted molar refractivity (Wildman–Crippen MR) is 79.3 cm³/mol. The molecule has 5 heteroatoms. The number of hydrogen-bond donors (Lipinski definition) is 2. The number of nitrogens with one attached hydrogen (secondary N) is 1. The normalized spacial score (nSPS) is 12.7. The highest BCUT2D eigenvalue weighted by Gasteiger charge is 2.26. The standard InChI is InChI=1S/C15H24N2O3/c1-15(2,3)13(9-16)17-14(18)11-7-6-10(19-4)8-12(11)20-5/h6-8,13H,9,16H2,1-5H3,(H,17,18). The number of rotatable bonds is 5. The molecular formula is C15H24N2O3. The second kappa shape index (κ2) is 6.61. The Morgan fingerprint density at radius 1 is 1.30 bits per heavy atom. The fraction of sp³-hybridized carbons (Fsp3) is 0.533. The molecular weight excluding hydrogens is 256 g/mol. The van der Waals surface area contributed by atoms with Crippen LogP contribution in [0.2, 0.25) is 0 Å². The lowest BCUT2D eigenvalue weighted by Gasteiger charge is -2.30. The van der Waals surface area contributed by atoms with E-state index >= 15 is 0 Å². The first-order valence-corrected chi connectivity index (χ1v) is 6.56. The van der Waals surface area contributed by atoms with Crippen molar-refractivity contribution in [2.45, 2.75) is 26.8 Å². The molecule has 1 atom stereocenters. The smallest absolute Gasteiger partial charge is 0.255 e. The summed E-state index contributed by atoms with van der Waals surface area (Å²) in [6, 6.07) is 4.99. The molecule has 1 rings (SSSR count). The third-order valence-corrected chi connectivity index (χ3v) is 3.24. The van der Waals surface area contributed by atoms with Gasteiger partial charge in [0.1, 0.15) is 11.5 Å². The number of ether oxygens (including phenoxy) is 2. The summed E-state index contributed by atoms with van der Waals surface area (Å²) >= 11 is 0. The van der Waals surface area contributed by atoms with Crippen LogP contribution in [-0.2, 0) is 0 Å². The fourth-order valence-electron chi connectivity index (χ4n) is 1.85. The summed E-state index contributed by atoms with van der Waals surface area (Å²) in [5, 5.41) is 2.95. The van der Waals surface area contributed by atoms with Crippen LogP contribution in [0.15, 0.2) is 18.2 Å². The van der Waals surface area contributed by atoms with Gasteiger partial charge >= 0.3 is 0 Å². The molecule has 20 heavy (non-hydrogen) atoms. The fourth-order valence-corrected chi connectivity index (χ4v) is 1.85. The van der Waals surface area contributed by atoms with Gasteiger partial charge in [0.25, 0.3) is 5.91 Å². The summed E-state index contributed by atoms with van der Waals surface area (Å²) in [7, 11) is 3.09. The van der Waals surface area contributed by atoms with Crippen LogP contribution in [0.4, 0.5) is 0 Å². The first kappa shape index (κ1) is 16.3. The van der Waals surface area contributed by atoms with Crippen molar-refractivity contribution >= 4 is 5.91 Å². The number of amides is 1. The summed E-state index contributed by atoms with van der Waals surface area (Å²) in [5.41, 5.74) is 6.10. The van der Waals surface area contributed by atoms with Gasteiger partial charge in [-0.25, -0.2) is 0 Å². The van der Waals surface area contributed by atoms with Crippen LogP contribution in [-0.4, -0.2) is 32.7 Å². The first-order chi connectivity index (χ1) is 9.33. The number of benzene rings is 1. The maximum Gasteiger partial charge on any atom is 0.255 e. The Balaban J connectivity index is 2.97. The molecule has 0 spiro atoms. The van der Waals surface area contributed by atoms with Crippen molar-refractivity contribution in [1.29, 1.82) is 0 Å². The highest BCUT2D eigenvalue weighted by Crippen LogP contribution is 2.25. The number of methoxy groups -OCH3 is 2. The van der Waals surface area contributed by atoms with E-state index in [0.717, 1.165) is 0 Å². The maximum atomic E-state index is 12.4. The lowest BCUT2D eigenvalue weighted by molar-refractivity contribution is 0.0902. The Labute approximate surface area is 120 Å². The Kier molecular flexibility index (Phi) is 5.39. The van der Waals surface area contributed by atoms with Crippen LogP contribution in [0.1, 0.15) is 31.1 Å². The minimum absolute atomic E-state index is 0.107. The van der Waals surface area contributed by atoms with Crippen LogP contribution in [0.3, 0.4) is 0 Å². The molecule has 0 saturated heterocycles. The van der Waals surface area contributed by atoms with Crippen molar-refractivity contribution < 1.29 is 14.3 Å². The van der Waals surface area contributed by atoms with Crippen LogP contribution in [0.25, 0.3) is 0 Å². The molecule has 5 nitrogen and oxygen atoms in total. The molecule has 0 aliphatic rings. The van der Waals surface area contributed by atoms with E-state index in [9.17, 15) is 4.79 Å². The van der Waals surface area contributed by atoms with Crippen LogP contribution in [0.5, 0.6) is 11.5 Å². The van der Waals surface area contributed by atoms with E-state index in [4.69, 9.17) is 15.2 Å². The van der Waals surface area contributed by atoms with E-state index in [-0.39, 0.29) is 17.4 Å². The summed E-state index contributed by atoms with van der Waals surface area (Å²) < 4.78 is 10.4. The molecule has 112 valence electrons. The average Bonchev–Trinajstić information content (AvgIpc) is 2.42. The number of carbonyl (C=O) groups excluding carboxylic acids is 1. The zero-order chi connectivity index (χ0) is 15.3. The van der Waals surface area contributed by atoms with Crippen LogP contribution in [0, 0.1) is 5.41 Å². The Morgan fingerprint density at radius 2 is 1.95 bits per heavy atom.